The Bertz CT molecular complexity index is 700. The second-order valence-corrected chi connectivity index (χ2v) is 5.35. The van der Waals surface area contributed by atoms with Gasteiger partial charge in [-0.15, -0.1) is 0 Å². The van der Waals surface area contributed by atoms with Gasteiger partial charge >= 0.3 is 0 Å². The van der Waals surface area contributed by atoms with E-state index in [0.29, 0.717) is 11.8 Å². The number of thioether (sulfide) groups is 1. The lowest BCUT2D eigenvalue weighted by atomic mass is 10.3. The van der Waals surface area contributed by atoms with E-state index in [0.717, 1.165) is 22.7 Å². The first-order valence-corrected chi connectivity index (χ1v) is 7.84. The Labute approximate surface area is 133 Å². The highest BCUT2D eigenvalue weighted by Crippen LogP contribution is 2.20. The van der Waals surface area contributed by atoms with Gasteiger partial charge in [0.05, 0.1) is 11.4 Å². The fraction of sp³-hybridized carbons (Fsp3) is 0.267. The number of aliphatic imine (C=N–C) groups is 1. The lowest BCUT2D eigenvalue weighted by Crippen LogP contribution is -2.12. The first kappa shape index (κ1) is 15.9. The van der Waals surface area contributed by atoms with Crippen molar-refractivity contribution in [1.29, 1.82) is 5.26 Å². The Kier molecular flexibility index (Phi) is 5.44. The number of hydrogen-bond acceptors (Lipinski definition) is 5. The third-order valence-corrected chi connectivity index (χ3v) is 3.51. The Balaban J connectivity index is 2.00. The molecule has 1 heterocycles. The second-order valence-electron chi connectivity index (χ2n) is 4.55. The molecule has 0 atom stereocenters. The van der Waals surface area contributed by atoms with Crippen LogP contribution in [-0.2, 0) is 13.7 Å². The van der Waals surface area contributed by atoms with Crippen molar-refractivity contribution in [1.82, 2.24) is 15.1 Å². The number of hydrogen-bond donors (Lipinski definition) is 1. The standard InChI is InChI=1S/C15H17N5OS/c1-11-12(8-20(2)19-11)9-21-14-6-4-13(5-7-14)18-15(22-3)17-10-16/h4-8H,9H2,1-3H3,(H,17,18). The quantitative estimate of drug-likeness (QED) is 0.406. The zero-order valence-corrected chi connectivity index (χ0v) is 13.5. The highest BCUT2D eigenvalue weighted by molar-refractivity contribution is 8.13. The summed E-state index contributed by atoms with van der Waals surface area (Å²) < 4.78 is 7.52. The molecule has 0 radical (unpaired) electrons. The Morgan fingerprint density at radius 1 is 1.45 bits per heavy atom. The van der Waals surface area contributed by atoms with Crippen LogP contribution in [0.5, 0.6) is 5.75 Å². The lowest BCUT2D eigenvalue weighted by molar-refractivity contribution is 0.305. The number of nitrogens with one attached hydrogen (secondary N) is 1. The van der Waals surface area contributed by atoms with E-state index >= 15 is 0 Å². The van der Waals surface area contributed by atoms with Crippen LogP contribution < -0.4 is 10.1 Å². The van der Waals surface area contributed by atoms with Crippen molar-refractivity contribution in [3.05, 3.63) is 41.7 Å². The van der Waals surface area contributed by atoms with Crippen molar-refractivity contribution in [2.45, 2.75) is 13.5 Å². The van der Waals surface area contributed by atoms with E-state index in [-0.39, 0.29) is 0 Å². The maximum atomic E-state index is 8.61. The minimum absolute atomic E-state index is 0.480. The van der Waals surface area contributed by atoms with E-state index in [1.165, 1.54) is 11.8 Å². The van der Waals surface area contributed by atoms with Crippen LogP contribution in [0.3, 0.4) is 0 Å². The third kappa shape index (κ3) is 4.27. The molecule has 2 rings (SSSR count). The lowest BCUT2D eigenvalue weighted by Gasteiger charge is -2.06. The van der Waals surface area contributed by atoms with Gasteiger partial charge in [-0.25, -0.2) is 4.99 Å². The van der Waals surface area contributed by atoms with Gasteiger partial charge in [0.1, 0.15) is 12.4 Å². The molecule has 22 heavy (non-hydrogen) atoms. The van der Waals surface area contributed by atoms with E-state index in [1.807, 2.05) is 56.9 Å². The van der Waals surface area contributed by atoms with Crippen LogP contribution in [0.25, 0.3) is 0 Å². The average molecular weight is 315 g/mol. The topological polar surface area (TPSA) is 75.2 Å². The van der Waals surface area contributed by atoms with Gasteiger partial charge in [-0.2, -0.15) is 10.4 Å². The van der Waals surface area contributed by atoms with Crippen molar-refractivity contribution >= 4 is 22.6 Å². The number of ether oxygens (including phenoxy) is 1. The van der Waals surface area contributed by atoms with Gasteiger partial charge < -0.3 is 4.74 Å². The van der Waals surface area contributed by atoms with Crippen LogP contribution in [0.15, 0.2) is 35.5 Å². The molecule has 0 amide bonds. The molecular formula is C15H17N5OS. The number of nitrogens with zero attached hydrogens (tertiary/aromatic N) is 4. The molecule has 2 aromatic rings. The molecule has 0 saturated heterocycles. The van der Waals surface area contributed by atoms with Crippen molar-refractivity contribution in [3.63, 3.8) is 0 Å². The molecule has 1 aromatic heterocycles. The van der Waals surface area contributed by atoms with E-state index in [1.54, 1.807) is 4.68 Å². The van der Waals surface area contributed by atoms with E-state index < -0.39 is 0 Å². The molecule has 7 heteroatoms. The van der Waals surface area contributed by atoms with Crippen LogP contribution in [0.4, 0.5) is 5.69 Å². The van der Waals surface area contributed by atoms with E-state index in [2.05, 4.69) is 15.4 Å². The zero-order valence-electron chi connectivity index (χ0n) is 12.7. The summed E-state index contributed by atoms with van der Waals surface area (Å²) in [6.07, 6.45) is 5.67. The third-order valence-electron chi connectivity index (χ3n) is 2.93. The SMILES string of the molecule is CSC(=Nc1ccc(OCc2cn(C)nc2C)cc1)NC#N. The number of aryl methyl sites for hydroxylation is 2. The van der Waals surface area contributed by atoms with Gasteiger partial charge in [0.15, 0.2) is 11.4 Å². The molecule has 1 aromatic carbocycles. The van der Waals surface area contributed by atoms with Crippen LogP contribution in [0.1, 0.15) is 11.3 Å². The fourth-order valence-corrected chi connectivity index (χ4v) is 2.20. The summed E-state index contributed by atoms with van der Waals surface area (Å²) in [5.41, 5.74) is 2.79. The predicted octanol–water partition coefficient (Wildman–Crippen LogP) is 2.73. The normalized spacial score (nSPS) is 11.1. The maximum Gasteiger partial charge on any atom is 0.183 e. The summed E-state index contributed by atoms with van der Waals surface area (Å²) in [6, 6.07) is 7.41. The van der Waals surface area contributed by atoms with Crippen molar-refractivity contribution in [2.24, 2.45) is 12.0 Å². The van der Waals surface area contributed by atoms with Crippen LogP contribution >= 0.6 is 11.8 Å². The summed E-state index contributed by atoms with van der Waals surface area (Å²) in [7, 11) is 1.89. The molecule has 114 valence electrons. The monoisotopic (exact) mass is 315 g/mol. The van der Waals surface area contributed by atoms with Gasteiger partial charge in [-0.05, 0) is 37.4 Å². The number of rotatable bonds is 4. The Morgan fingerprint density at radius 3 is 2.73 bits per heavy atom. The summed E-state index contributed by atoms with van der Waals surface area (Å²) in [5.74, 6) is 0.765. The minimum atomic E-state index is 0.480. The molecule has 0 saturated carbocycles. The first-order valence-electron chi connectivity index (χ1n) is 6.62. The summed E-state index contributed by atoms with van der Waals surface area (Å²) in [6.45, 7) is 2.44. The highest BCUT2D eigenvalue weighted by atomic mass is 32.2. The molecule has 0 aliphatic heterocycles. The maximum absolute atomic E-state index is 8.61. The summed E-state index contributed by atoms with van der Waals surface area (Å²) in [4.78, 5) is 4.32. The van der Waals surface area contributed by atoms with Gasteiger partial charge in [-0.1, -0.05) is 11.8 Å². The van der Waals surface area contributed by atoms with Gasteiger partial charge in [0.2, 0.25) is 0 Å². The Morgan fingerprint density at radius 2 is 2.18 bits per heavy atom. The molecule has 0 fully saturated rings. The number of benzene rings is 1. The second kappa shape index (κ2) is 7.52. The summed E-state index contributed by atoms with van der Waals surface area (Å²) in [5, 5.41) is 16.0. The molecule has 6 nitrogen and oxygen atoms in total. The summed E-state index contributed by atoms with van der Waals surface area (Å²) >= 11 is 1.38. The highest BCUT2D eigenvalue weighted by Gasteiger charge is 2.04. The number of nitriles is 1. The first-order chi connectivity index (χ1) is 10.6. The van der Waals surface area contributed by atoms with Crippen molar-refractivity contribution in [3.8, 4) is 11.9 Å². The van der Waals surface area contributed by atoms with Gasteiger partial charge in [0, 0.05) is 18.8 Å². The zero-order chi connectivity index (χ0) is 15.9. The molecule has 0 aliphatic rings. The molecule has 0 aliphatic carbocycles. The van der Waals surface area contributed by atoms with Crippen LogP contribution in [-0.4, -0.2) is 21.2 Å². The van der Waals surface area contributed by atoms with E-state index in [9.17, 15) is 0 Å². The average Bonchev–Trinajstić information content (AvgIpc) is 2.84. The van der Waals surface area contributed by atoms with Crippen LogP contribution in [0.2, 0.25) is 0 Å². The minimum Gasteiger partial charge on any atom is -0.489 e. The molecule has 1 N–H and O–H groups in total. The van der Waals surface area contributed by atoms with Crippen molar-refractivity contribution < 1.29 is 4.74 Å². The molecule has 0 bridgehead atoms. The van der Waals surface area contributed by atoms with Gasteiger partial charge in [0.25, 0.3) is 0 Å². The molecule has 0 unspecified atom stereocenters. The largest absolute Gasteiger partial charge is 0.489 e. The number of amidine groups is 1. The van der Waals surface area contributed by atoms with Gasteiger partial charge in [-0.3, -0.25) is 10.00 Å². The predicted molar refractivity (Wildman–Crippen MR) is 88.1 cm³/mol. The fourth-order valence-electron chi connectivity index (χ4n) is 1.86. The number of aromatic nitrogens is 2. The molecule has 0 spiro atoms. The smallest absolute Gasteiger partial charge is 0.183 e. The van der Waals surface area contributed by atoms with E-state index in [4.69, 9.17) is 10.00 Å². The van der Waals surface area contributed by atoms with Crippen molar-refractivity contribution in [2.75, 3.05) is 6.26 Å². The molecular weight excluding hydrogens is 298 g/mol. The van der Waals surface area contributed by atoms with Crippen LogP contribution in [0, 0.1) is 18.4 Å². The Hall–Kier alpha value is -2.46.